The van der Waals surface area contributed by atoms with Crippen LogP contribution in [-0.4, -0.2) is 52.7 Å². The van der Waals surface area contributed by atoms with Crippen molar-refractivity contribution in [3.63, 3.8) is 0 Å². The molecule has 2 amide bonds. The van der Waals surface area contributed by atoms with E-state index in [-0.39, 0.29) is 36.0 Å². The van der Waals surface area contributed by atoms with E-state index in [4.69, 9.17) is 9.47 Å². The van der Waals surface area contributed by atoms with Gasteiger partial charge in [-0.25, -0.2) is 4.79 Å². The molecule has 0 radical (unpaired) electrons. The summed E-state index contributed by atoms with van der Waals surface area (Å²) >= 11 is 0. The fourth-order valence-corrected chi connectivity index (χ4v) is 4.28. The van der Waals surface area contributed by atoms with Crippen LogP contribution in [0.15, 0.2) is 54.9 Å². The van der Waals surface area contributed by atoms with Crippen LogP contribution in [0.3, 0.4) is 0 Å². The molecule has 2 aromatic rings. The lowest BCUT2D eigenvalue weighted by Gasteiger charge is -2.36. The number of hydrogen-bond acceptors (Lipinski definition) is 5. The summed E-state index contributed by atoms with van der Waals surface area (Å²) in [6, 6.07) is 13.7. The number of nitrogens with zero attached hydrogens (tertiary/aromatic N) is 2. The van der Waals surface area contributed by atoms with Crippen molar-refractivity contribution in [3.8, 4) is 5.75 Å². The van der Waals surface area contributed by atoms with Crippen LogP contribution < -0.4 is 10.1 Å². The van der Waals surface area contributed by atoms with Crippen LogP contribution in [-0.2, 0) is 9.53 Å². The Morgan fingerprint density at radius 1 is 1.06 bits per heavy atom. The zero-order valence-electron chi connectivity index (χ0n) is 18.9. The number of rotatable bonds is 5. The van der Waals surface area contributed by atoms with E-state index in [0.717, 1.165) is 24.2 Å². The lowest BCUT2D eigenvalue weighted by atomic mass is 9.85. The molecule has 7 nitrogen and oxygen atoms in total. The molecule has 2 atom stereocenters. The normalized spacial score (nSPS) is 25.0. The van der Waals surface area contributed by atoms with Crippen molar-refractivity contribution >= 4 is 12.0 Å². The van der Waals surface area contributed by atoms with Crippen LogP contribution in [0.2, 0.25) is 0 Å². The summed E-state index contributed by atoms with van der Waals surface area (Å²) in [7, 11) is 0. The smallest absolute Gasteiger partial charge is 0.410 e. The molecule has 4 rings (SSSR count). The lowest BCUT2D eigenvalue weighted by molar-refractivity contribution is -0.126. The van der Waals surface area contributed by atoms with Crippen LogP contribution in [0.4, 0.5) is 4.79 Å². The average Bonchev–Trinajstić information content (AvgIpc) is 3.18. The monoisotopic (exact) mass is 437 g/mol. The standard InChI is InChI=1S/C25H31N3O4/c1-25(2,3)32-24(30)28-15-21(17-8-5-4-6-9-17)22(16-28)23(29)27-18-12-20(13-18)31-19-10-7-11-26-14-19/h4-11,14,18,20-22H,12-13,15-16H2,1-3H3,(H,27,29)/t18-,20-,21-,22+/m0/s1. The highest BCUT2D eigenvalue weighted by atomic mass is 16.6. The van der Waals surface area contributed by atoms with Gasteiger partial charge in [-0.2, -0.15) is 0 Å². The number of carbonyl (C=O) groups is 2. The van der Waals surface area contributed by atoms with Gasteiger partial charge in [0, 0.05) is 44.1 Å². The van der Waals surface area contributed by atoms with Crippen molar-refractivity contribution < 1.29 is 19.1 Å². The second kappa shape index (κ2) is 9.18. The molecule has 1 aromatic heterocycles. The second-order valence-corrected chi connectivity index (χ2v) is 9.61. The summed E-state index contributed by atoms with van der Waals surface area (Å²) in [4.78, 5) is 31.6. The first-order valence-corrected chi connectivity index (χ1v) is 11.2. The van der Waals surface area contributed by atoms with Crippen LogP contribution in [0, 0.1) is 5.92 Å². The fourth-order valence-electron chi connectivity index (χ4n) is 4.28. The van der Waals surface area contributed by atoms with Crippen molar-refractivity contribution in [2.75, 3.05) is 13.1 Å². The fraction of sp³-hybridized carbons (Fsp3) is 0.480. The number of ether oxygens (including phenoxy) is 2. The number of nitrogens with one attached hydrogen (secondary N) is 1. The Kier molecular flexibility index (Phi) is 6.35. The molecule has 0 unspecified atom stereocenters. The summed E-state index contributed by atoms with van der Waals surface area (Å²) < 4.78 is 11.4. The van der Waals surface area contributed by atoms with Gasteiger partial charge in [0.15, 0.2) is 0 Å². The maximum absolute atomic E-state index is 13.2. The summed E-state index contributed by atoms with van der Waals surface area (Å²) in [5.41, 5.74) is 0.486. The first kappa shape index (κ1) is 22.1. The number of hydrogen-bond donors (Lipinski definition) is 1. The minimum Gasteiger partial charge on any atom is -0.489 e. The quantitative estimate of drug-likeness (QED) is 0.770. The molecule has 1 aliphatic heterocycles. The zero-order chi connectivity index (χ0) is 22.7. The van der Waals surface area contributed by atoms with Crippen molar-refractivity contribution in [3.05, 3.63) is 60.4 Å². The Bertz CT molecular complexity index is 923. The van der Waals surface area contributed by atoms with Crippen LogP contribution in [0.25, 0.3) is 0 Å². The van der Waals surface area contributed by atoms with Gasteiger partial charge >= 0.3 is 6.09 Å². The minimum absolute atomic E-state index is 0.0188. The first-order valence-electron chi connectivity index (χ1n) is 11.2. The predicted octanol–water partition coefficient (Wildman–Crippen LogP) is 3.76. The van der Waals surface area contributed by atoms with E-state index in [9.17, 15) is 9.59 Å². The Balaban J connectivity index is 1.37. The molecule has 1 saturated heterocycles. The molecule has 2 fully saturated rings. The molecule has 2 heterocycles. The highest BCUT2D eigenvalue weighted by Crippen LogP contribution is 2.34. The van der Waals surface area contributed by atoms with Gasteiger partial charge in [0.25, 0.3) is 0 Å². The third kappa shape index (κ3) is 5.39. The maximum Gasteiger partial charge on any atom is 0.410 e. The highest BCUT2D eigenvalue weighted by Gasteiger charge is 2.43. The van der Waals surface area contributed by atoms with Crippen molar-refractivity contribution in [1.29, 1.82) is 0 Å². The van der Waals surface area contributed by atoms with Gasteiger partial charge in [-0.3, -0.25) is 9.78 Å². The number of aromatic nitrogens is 1. The topological polar surface area (TPSA) is 80.8 Å². The van der Waals surface area contributed by atoms with Gasteiger partial charge < -0.3 is 19.7 Å². The minimum atomic E-state index is -0.575. The third-order valence-corrected chi connectivity index (χ3v) is 5.91. The Morgan fingerprint density at radius 2 is 1.81 bits per heavy atom. The molecule has 32 heavy (non-hydrogen) atoms. The molecular weight excluding hydrogens is 406 g/mol. The second-order valence-electron chi connectivity index (χ2n) is 9.61. The van der Waals surface area contributed by atoms with E-state index in [1.807, 2.05) is 63.2 Å². The number of likely N-dealkylation sites (tertiary alicyclic amines) is 1. The SMILES string of the molecule is CC(C)(C)OC(=O)N1C[C@@H](C(=O)N[C@H]2C[C@H](Oc3cccnc3)C2)[C@H](c2ccccc2)C1. The summed E-state index contributed by atoms with van der Waals surface area (Å²) in [5.74, 6) is 0.347. The molecule has 1 saturated carbocycles. The van der Waals surface area contributed by atoms with E-state index in [2.05, 4.69) is 10.3 Å². The number of amides is 2. The van der Waals surface area contributed by atoms with Crippen LogP contribution in [0.5, 0.6) is 5.75 Å². The van der Waals surface area contributed by atoms with Gasteiger partial charge in [0.05, 0.1) is 12.1 Å². The van der Waals surface area contributed by atoms with Gasteiger partial charge in [-0.15, -0.1) is 0 Å². The third-order valence-electron chi connectivity index (χ3n) is 5.91. The molecule has 1 aromatic carbocycles. The molecule has 1 aliphatic carbocycles. The Labute approximate surface area is 189 Å². The summed E-state index contributed by atoms with van der Waals surface area (Å²) in [5, 5.41) is 3.17. The average molecular weight is 438 g/mol. The summed E-state index contributed by atoms with van der Waals surface area (Å²) in [6.07, 6.45) is 4.64. The van der Waals surface area contributed by atoms with E-state index in [0.29, 0.717) is 13.1 Å². The van der Waals surface area contributed by atoms with Gasteiger partial charge in [0.2, 0.25) is 5.91 Å². The van der Waals surface area contributed by atoms with E-state index < -0.39 is 5.60 Å². The molecular formula is C25H31N3O4. The molecule has 0 bridgehead atoms. The number of carbonyl (C=O) groups excluding carboxylic acids is 2. The van der Waals surface area contributed by atoms with Crippen molar-refractivity contribution in [2.45, 2.75) is 57.3 Å². The highest BCUT2D eigenvalue weighted by molar-refractivity contribution is 5.82. The number of benzene rings is 1. The van der Waals surface area contributed by atoms with E-state index in [1.165, 1.54) is 0 Å². The van der Waals surface area contributed by atoms with Gasteiger partial charge in [-0.05, 0) is 38.5 Å². The first-order chi connectivity index (χ1) is 15.3. The zero-order valence-corrected chi connectivity index (χ0v) is 18.9. The maximum atomic E-state index is 13.2. The Hall–Kier alpha value is -3.09. The van der Waals surface area contributed by atoms with Crippen LogP contribution >= 0.6 is 0 Å². The molecule has 1 N–H and O–H groups in total. The predicted molar refractivity (Wildman–Crippen MR) is 120 cm³/mol. The van der Waals surface area contributed by atoms with E-state index in [1.54, 1.807) is 17.3 Å². The van der Waals surface area contributed by atoms with Crippen molar-refractivity contribution in [2.24, 2.45) is 5.92 Å². The molecule has 0 spiro atoms. The summed E-state index contributed by atoms with van der Waals surface area (Å²) in [6.45, 7) is 6.36. The molecule has 2 aliphatic rings. The molecule has 7 heteroatoms. The molecule has 170 valence electrons. The number of pyridine rings is 1. The van der Waals surface area contributed by atoms with Gasteiger partial charge in [0.1, 0.15) is 17.5 Å². The van der Waals surface area contributed by atoms with E-state index >= 15 is 0 Å². The Morgan fingerprint density at radius 3 is 2.47 bits per heavy atom. The largest absolute Gasteiger partial charge is 0.489 e. The van der Waals surface area contributed by atoms with Gasteiger partial charge in [-0.1, -0.05) is 30.3 Å². The lowest BCUT2D eigenvalue weighted by Crippen LogP contribution is -2.51. The van der Waals surface area contributed by atoms with Crippen molar-refractivity contribution in [1.82, 2.24) is 15.2 Å². The van der Waals surface area contributed by atoms with Crippen LogP contribution in [0.1, 0.15) is 45.1 Å².